The van der Waals surface area contributed by atoms with Crippen LogP contribution in [-0.2, 0) is 13.0 Å². The van der Waals surface area contributed by atoms with Crippen molar-refractivity contribution in [2.45, 2.75) is 31.1 Å². The Morgan fingerprint density at radius 1 is 1.44 bits per heavy atom. The smallest absolute Gasteiger partial charge is 0.271 e. The largest absolute Gasteiger partial charge is 0.282 e. The van der Waals surface area contributed by atoms with Gasteiger partial charge in [0.25, 0.3) is 12.3 Å². The van der Waals surface area contributed by atoms with E-state index < -0.39 is 23.6 Å². The zero-order chi connectivity index (χ0) is 11.7. The Bertz CT molecular complexity index is 452. The van der Waals surface area contributed by atoms with Gasteiger partial charge in [-0.15, -0.1) is 0 Å². The summed E-state index contributed by atoms with van der Waals surface area (Å²) in [5.74, 6) is -3.18. The molecule has 1 heterocycles. The molecular weight excluding hydrogens is 224 g/mol. The van der Waals surface area contributed by atoms with E-state index in [1.165, 1.54) is 11.7 Å². The fourth-order valence-electron chi connectivity index (χ4n) is 2.75. The van der Waals surface area contributed by atoms with E-state index in [1.807, 2.05) is 0 Å². The number of rotatable bonds is 1. The molecule has 16 heavy (non-hydrogen) atoms. The highest BCUT2D eigenvalue weighted by Crippen LogP contribution is 2.61. The SMILES string of the molecule is Cn1nc(C(F)F)c2c1C1CC1CC2(F)F. The van der Waals surface area contributed by atoms with Crippen LogP contribution in [0.5, 0.6) is 0 Å². The van der Waals surface area contributed by atoms with Crippen LogP contribution in [0, 0.1) is 5.92 Å². The Morgan fingerprint density at radius 3 is 2.75 bits per heavy atom. The molecule has 1 fully saturated rings. The average Bonchev–Trinajstić information content (AvgIpc) is 2.79. The van der Waals surface area contributed by atoms with Crippen molar-refractivity contribution >= 4 is 0 Å². The minimum atomic E-state index is -3.15. The molecule has 0 saturated heterocycles. The molecule has 0 radical (unpaired) electrons. The number of alkyl halides is 4. The van der Waals surface area contributed by atoms with Gasteiger partial charge in [0.2, 0.25) is 0 Å². The fourth-order valence-corrected chi connectivity index (χ4v) is 2.75. The molecule has 0 amide bonds. The number of aryl methyl sites for hydroxylation is 1. The standard InChI is InChI=1S/C10H10F4N2/c1-16-8-5-2-4(5)3-10(13,14)6(8)7(15-16)9(11)12/h4-5,9H,2-3H2,1H3. The summed E-state index contributed by atoms with van der Waals surface area (Å²) in [6.45, 7) is 0. The van der Waals surface area contributed by atoms with Crippen LogP contribution in [0.15, 0.2) is 0 Å². The average molecular weight is 234 g/mol. The minimum Gasteiger partial charge on any atom is -0.271 e. The molecule has 2 atom stereocenters. The number of halogens is 4. The van der Waals surface area contributed by atoms with Crippen LogP contribution in [0.2, 0.25) is 0 Å². The summed E-state index contributed by atoms with van der Waals surface area (Å²) in [7, 11) is 1.46. The zero-order valence-corrected chi connectivity index (χ0v) is 8.55. The quantitative estimate of drug-likeness (QED) is 0.683. The molecule has 3 rings (SSSR count). The summed E-state index contributed by atoms with van der Waals surface area (Å²) >= 11 is 0. The van der Waals surface area contributed by atoms with Crippen LogP contribution in [0.25, 0.3) is 0 Å². The van der Waals surface area contributed by atoms with Gasteiger partial charge in [-0.2, -0.15) is 5.10 Å². The first-order valence-corrected chi connectivity index (χ1v) is 5.15. The Labute approximate surface area is 89.2 Å². The molecule has 0 spiro atoms. The highest BCUT2D eigenvalue weighted by atomic mass is 19.3. The molecule has 88 valence electrons. The van der Waals surface area contributed by atoms with Crippen LogP contribution in [0.1, 0.15) is 42.1 Å². The highest BCUT2D eigenvalue weighted by Gasteiger charge is 2.57. The lowest BCUT2D eigenvalue weighted by atomic mass is 9.92. The molecule has 2 aliphatic rings. The van der Waals surface area contributed by atoms with E-state index in [4.69, 9.17) is 0 Å². The second-order valence-electron chi connectivity index (χ2n) is 4.58. The molecule has 1 aromatic heterocycles. The topological polar surface area (TPSA) is 17.8 Å². The van der Waals surface area contributed by atoms with E-state index in [0.717, 1.165) is 0 Å². The number of fused-ring (bicyclic) bond motifs is 3. The van der Waals surface area contributed by atoms with Gasteiger partial charge in [0, 0.05) is 19.4 Å². The summed E-state index contributed by atoms with van der Waals surface area (Å²) in [6, 6.07) is 0. The van der Waals surface area contributed by atoms with Crippen molar-refractivity contribution in [1.29, 1.82) is 0 Å². The van der Waals surface area contributed by atoms with E-state index >= 15 is 0 Å². The first-order valence-electron chi connectivity index (χ1n) is 5.15. The Morgan fingerprint density at radius 2 is 2.12 bits per heavy atom. The number of hydrogen-bond acceptors (Lipinski definition) is 1. The first kappa shape index (κ1) is 10.1. The molecular formula is C10H10F4N2. The van der Waals surface area contributed by atoms with Crippen molar-refractivity contribution in [2.75, 3.05) is 0 Å². The van der Waals surface area contributed by atoms with E-state index in [9.17, 15) is 17.6 Å². The number of aromatic nitrogens is 2. The highest BCUT2D eigenvalue weighted by molar-refractivity contribution is 5.40. The van der Waals surface area contributed by atoms with Crippen LogP contribution >= 0.6 is 0 Å². The van der Waals surface area contributed by atoms with Crippen molar-refractivity contribution < 1.29 is 17.6 Å². The summed E-state index contributed by atoms with van der Waals surface area (Å²) in [4.78, 5) is 0. The molecule has 2 nitrogen and oxygen atoms in total. The molecule has 2 aliphatic carbocycles. The van der Waals surface area contributed by atoms with E-state index in [1.54, 1.807) is 0 Å². The predicted molar refractivity (Wildman–Crippen MR) is 47.5 cm³/mol. The minimum absolute atomic E-state index is 0.0135. The van der Waals surface area contributed by atoms with Crippen molar-refractivity contribution in [1.82, 2.24) is 9.78 Å². The number of nitrogens with zero attached hydrogens (tertiary/aromatic N) is 2. The molecule has 2 unspecified atom stereocenters. The third-order valence-electron chi connectivity index (χ3n) is 3.48. The number of hydrogen-bond donors (Lipinski definition) is 0. The van der Waals surface area contributed by atoms with Gasteiger partial charge in [0.15, 0.2) is 0 Å². The molecule has 0 N–H and O–H groups in total. The maximum atomic E-state index is 13.7. The van der Waals surface area contributed by atoms with E-state index in [2.05, 4.69) is 5.10 Å². The van der Waals surface area contributed by atoms with Crippen LogP contribution in [-0.4, -0.2) is 9.78 Å². The zero-order valence-electron chi connectivity index (χ0n) is 8.55. The second-order valence-corrected chi connectivity index (χ2v) is 4.58. The maximum Gasteiger partial charge on any atom is 0.282 e. The Balaban J connectivity index is 2.23. The van der Waals surface area contributed by atoms with Crippen LogP contribution < -0.4 is 0 Å². The molecule has 6 heteroatoms. The molecule has 1 saturated carbocycles. The van der Waals surface area contributed by atoms with Gasteiger partial charge < -0.3 is 0 Å². The summed E-state index contributed by atoms with van der Waals surface area (Å²) in [5.41, 5.74) is -0.937. The summed E-state index contributed by atoms with van der Waals surface area (Å²) in [5, 5.41) is 3.55. The lowest BCUT2D eigenvalue weighted by Gasteiger charge is -2.22. The second kappa shape index (κ2) is 2.78. The van der Waals surface area contributed by atoms with Gasteiger partial charge in [-0.25, -0.2) is 17.6 Å². The molecule has 0 aliphatic heterocycles. The van der Waals surface area contributed by atoms with E-state index in [0.29, 0.717) is 12.1 Å². The van der Waals surface area contributed by atoms with Gasteiger partial charge in [-0.05, 0) is 12.3 Å². The lowest BCUT2D eigenvalue weighted by molar-refractivity contribution is -0.0287. The van der Waals surface area contributed by atoms with Gasteiger partial charge in [0.05, 0.1) is 11.3 Å². The van der Waals surface area contributed by atoms with Crippen molar-refractivity contribution in [3.8, 4) is 0 Å². The van der Waals surface area contributed by atoms with Crippen molar-refractivity contribution in [3.63, 3.8) is 0 Å². The first-order chi connectivity index (χ1) is 7.42. The molecule has 1 aromatic rings. The Kier molecular flexibility index (Phi) is 1.76. The van der Waals surface area contributed by atoms with Crippen LogP contribution in [0.3, 0.4) is 0 Å². The summed E-state index contributed by atoms with van der Waals surface area (Å²) in [6.07, 6.45) is -2.57. The predicted octanol–water partition coefficient (Wildman–Crippen LogP) is 2.96. The van der Waals surface area contributed by atoms with Gasteiger partial charge in [-0.1, -0.05) is 0 Å². The van der Waals surface area contributed by atoms with Crippen molar-refractivity contribution in [3.05, 3.63) is 17.0 Å². The third kappa shape index (κ3) is 1.15. The monoisotopic (exact) mass is 234 g/mol. The Hall–Kier alpha value is -1.07. The maximum absolute atomic E-state index is 13.7. The summed E-state index contributed by atoms with van der Waals surface area (Å²) < 4.78 is 53.9. The van der Waals surface area contributed by atoms with E-state index in [-0.39, 0.29) is 18.3 Å². The third-order valence-corrected chi connectivity index (χ3v) is 3.48. The van der Waals surface area contributed by atoms with Gasteiger partial charge in [-0.3, -0.25) is 4.68 Å². The molecule has 0 bridgehead atoms. The fraction of sp³-hybridized carbons (Fsp3) is 0.700. The lowest BCUT2D eigenvalue weighted by Crippen LogP contribution is -2.22. The normalized spacial score (nSPS) is 30.1. The van der Waals surface area contributed by atoms with Gasteiger partial charge in [0.1, 0.15) is 5.69 Å². The van der Waals surface area contributed by atoms with Crippen LogP contribution in [0.4, 0.5) is 17.6 Å². The van der Waals surface area contributed by atoms with Gasteiger partial charge >= 0.3 is 0 Å². The van der Waals surface area contributed by atoms with Crippen molar-refractivity contribution in [2.24, 2.45) is 13.0 Å². The molecule has 0 aromatic carbocycles.